The normalized spacial score (nSPS) is 12.3. The van der Waals surface area contributed by atoms with E-state index < -0.39 is 24.2 Å². The molecule has 0 radical (unpaired) electrons. The molecule has 3 aromatic heterocycles. The molecule has 0 amide bonds. The zero-order valence-corrected chi connectivity index (χ0v) is 22.1. The van der Waals surface area contributed by atoms with Gasteiger partial charge in [0.15, 0.2) is 17.2 Å². The van der Waals surface area contributed by atoms with Gasteiger partial charge in [-0.25, -0.2) is 19.0 Å². The van der Waals surface area contributed by atoms with Gasteiger partial charge < -0.3 is 10.5 Å². The minimum Gasteiger partial charge on any atom is -0.432 e. The monoisotopic (exact) mass is 576 g/mol. The Morgan fingerprint density at radius 1 is 0.976 bits per heavy atom. The van der Waals surface area contributed by atoms with Crippen molar-refractivity contribution >= 4 is 39.2 Å². The first-order chi connectivity index (χ1) is 19.7. The number of hydrogen-bond donors (Lipinski definition) is 1. The van der Waals surface area contributed by atoms with E-state index in [1.54, 1.807) is 39.6 Å². The largest absolute Gasteiger partial charge is 0.432 e. The van der Waals surface area contributed by atoms with Crippen molar-refractivity contribution in [2.75, 3.05) is 5.73 Å². The van der Waals surface area contributed by atoms with Crippen LogP contribution in [0, 0.1) is 5.82 Å². The van der Waals surface area contributed by atoms with Crippen molar-refractivity contribution in [2.24, 2.45) is 0 Å². The van der Waals surface area contributed by atoms with Crippen molar-refractivity contribution in [1.82, 2.24) is 24.3 Å². The van der Waals surface area contributed by atoms with Gasteiger partial charge in [0.2, 0.25) is 0 Å². The van der Waals surface area contributed by atoms with Gasteiger partial charge in [-0.3, -0.25) is 9.36 Å². The molecule has 41 heavy (non-hydrogen) atoms. The minimum atomic E-state index is -3.18. The van der Waals surface area contributed by atoms with E-state index in [4.69, 9.17) is 22.4 Å². The lowest BCUT2D eigenvalue weighted by molar-refractivity contribution is -0.0521. The molecule has 0 aliphatic rings. The quantitative estimate of drug-likeness (QED) is 0.247. The second-order valence-corrected chi connectivity index (χ2v) is 9.61. The molecule has 1 atom stereocenters. The molecule has 2 N–H and O–H groups in total. The number of nitrogen functional groups attached to an aromatic ring is 1. The molecular weight excluding hydrogens is 557 g/mol. The standard InChI is InChI=1S/C29H20ClF3N6O2/c1-15(21-13-16-6-5-9-19(30)23(16)28(40)38(21)18-7-3-2-4-8-18)39-27-24(26(34)35-14-36-27)25(37-39)17-10-11-22(20(31)12-17)41-29(32)33/h2-15,29H,1H3,(H2,34,35,36)/t15-/m1/s1. The summed E-state index contributed by atoms with van der Waals surface area (Å²) in [5, 5.41) is 6.39. The van der Waals surface area contributed by atoms with E-state index in [1.165, 1.54) is 12.4 Å². The smallest absolute Gasteiger partial charge is 0.387 e. The number of alkyl halides is 2. The number of hydrogen-bond acceptors (Lipinski definition) is 6. The number of aromatic nitrogens is 5. The van der Waals surface area contributed by atoms with Crippen LogP contribution in [0.3, 0.4) is 0 Å². The van der Waals surface area contributed by atoms with E-state index in [0.29, 0.717) is 38.2 Å². The third-order valence-corrected chi connectivity index (χ3v) is 7.09. The van der Waals surface area contributed by atoms with E-state index in [0.717, 1.165) is 12.1 Å². The first-order valence-electron chi connectivity index (χ1n) is 12.4. The molecule has 3 heterocycles. The van der Waals surface area contributed by atoms with Crippen LogP contribution in [0.2, 0.25) is 5.02 Å². The summed E-state index contributed by atoms with van der Waals surface area (Å²) in [5.41, 5.74) is 7.88. The average Bonchev–Trinajstić information content (AvgIpc) is 3.35. The number of benzene rings is 3. The van der Waals surface area contributed by atoms with Crippen molar-refractivity contribution in [2.45, 2.75) is 19.6 Å². The Hall–Kier alpha value is -4.90. The second-order valence-electron chi connectivity index (χ2n) is 9.20. The highest BCUT2D eigenvalue weighted by atomic mass is 35.5. The van der Waals surface area contributed by atoms with E-state index in [-0.39, 0.29) is 22.6 Å². The van der Waals surface area contributed by atoms with Gasteiger partial charge in [-0.15, -0.1) is 0 Å². The van der Waals surface area contributed by atoms with E-state index in [9.17, 15) is 18.0 Å². The van der Waals surface area contributed by atoms with Crippen LogP contribution in [0.25, 0.3) is 38.8 Å². The third-order valence-electron chi connectivity index (χ3n) is 6.77. The van der Waals surface area contributed by atoms with Gasteiger partial charge in [0, 0.05) is 11.3 Å². The number of rotatable bonds is 6. The fourth-order valence-corrected chi connectivity index (χ4v) is 5.19. The van der Waals surface area contributed by atoms with Gasteiger partial charge in [-0.1, -0.05) is 41.9 Å². The number of halogens is 4. The molecule has 0 spiro atoms. The van der Waals surface area contributed by atoms with Crippen molar-refractivity contribution in [3.63, 3.8) is 0 Å². The molecule has 0 bridgehead atoms. The molecule has 0 unspecified atom stereocenters. The first kappa shape index (κ1) is 26.3. The van der Waals surface area contributed by atoms with Crippen molar-refractivity contribution in [3.8, 4) is 22.7 Å². The molecule has 6 rings (SSSR count). The lowest BCUT2D eigenvalue weighted by Gasteiger charge is -2.21. The number of fused-ring (bicyclic) bond motifs is 2. The van der Waals surface area contributed by atoms with Gasteiger partial charge in [0.05, 0.1) is 27.5 Å². The van der Waals surface area contributed by atoms with Gasteiger partial charge in [0.1, 0.15) is 17.8 Å². The van der Waals surface area contributed by atoms with Crippen molar-refractivity contribution in [3.05, 3.63) is 106 Å². The summed E-state index contributed by atoms with van der Waals surface area (Å²) in [5.74, 6) is -1.52. The maximum absolute atomic E-state index is 14.7. The minimum absolute atomic E-state index is 0.0857. The Balaban J connectivity index is 1.59. The number of nitrogens with zero attached hydrogens (tertiary/aromatic N) is 5. The molecule has 0 fully saturated rings. The molecule has 3 aromatic carbocycles. The summed E-state index contributed by atoms with van der Waals surface area (Å²) < 4.78 is 47.4. The van der Waals surface area contributed by atoms with Gasteiger partial charge in [0.25, 0.3) is 5.56 Å². The zero-order valence-electron chi connectivity index (χ0n) is 21.3. The van der Waals surface area contributed by atoms with Crippen LogP contribution in [-0.4, -0.2) is 30.9 Å². The van der Waals surface area contributed by atoms with E-state index in [2.05, 4.69) is 14.7 Å². The Kier molecular flexibility index (Phi) is 6.58. The maximum Gasteiger partial charge on any atom is 0.387 e. The Bertz CT molecular complexity index is 2000. The molecule has 0 aliphatic carbocycles. The number of nitrogens with two attached hydrogens (primary N) is 1. The van der Waals surface area contributed by atoms with Crippen LogP contribution in [0.15, 0.2) is 83.9 Å². The number of pyridine rings is 1. The van der Waals surface area contributed by atoms with Crippen LogP contribution < -0.4 is 16.0 Å². The molecular formula is C29H20ClF3N6O2. The van der Waals surface area contributed by atoms with Crippen LogP contribution in [0.5, 0.6) is 5.75 Å². The number of ether oxygens (including phenoxy) is 1. The number of para-hydroxylation sites is 1. The number of anilines is 1. The molecule has 0 saturated carbocycles. The van der Waals surface area contributed by atoms with Crippen molar-refractivity contribution in [1.29, 1.82) is 0 Å². The predicted octanol–water partition coefficient (Wildman–Crippen LogP) is 6.38. The van der Waals surface area contributed by atoms with Crippen LogP contribution in [-0.2, 0) is 0 Å². The summed E-state index contributed by atoms with van der Waals surface area (Å²) in [6.07, 6.45) is 1.27. The second kappa shape index (κ2) is 10.3. The molecule has 8 nitrogen and oxygen atoms in total. The fourth-order valence-electron chi connectivity index (χ4n) is 4.92. The molecule has 0 saturated heterocycles. The molecule has 206 valence electrons. The van der Waals surface area contributed by atoms with Crippen LogP contribution >= 0.6 is 11.6 Å². The third kappa shape index (κ3) is 4.53. The van der Waals surface area contributed by atoms with Gasteiger partial charge in [-0.05, 0) is 54.8 Å². The summed E-state index contributed by atoms with van der Waals surface area (Å²) in [6, 6.07) is 19.1. The highest BCUT2D eigenvalue weighted by molar-refractivity contribution is 6.35. The van der Waals surface area contributed by atoms with Gasteiger partial charge >= 0.3 is 6.61 Å². The topological polar surface area (TPSA) is 101 Å². The van der Waals surface area contributed by atoms with Crippen LogP contribution in [0.4, 0.5) is 19.0 Å². The Morgan fingerprint density at radius 2 is 1.76 bits per heavy atom. The van der Waals surface area contributed by atoms with Crippen LogP contribution in [0.1, 0.15) is 18.7 Å². The Morgan fingerprint density at radius 3 is 2.49 bits per heavy atom. The average molecular weight is 577 g/mol. The zero-order chi connectivity index (χ0) is 28.8. The SMILES string of the molecule is C[C@H](c1cc2cccc(Cl)c2c(=O)n1-c1ccccc1)n1nc(-c2ccc(OC(F)F)c(F)c2)c2c(N)ncnc21. The molecule has 0 aliphatic heterocycles. The molecule has 6 aromatic rings. The lowest BCUT2D eigenvalue weighted by Crippen LogP contribution is -2.26. The summed E-state index contributed by atoms with van der Waals surface area (Å²) in [4.78, 5) is 22.4. The Labute approximate surface area is 235 Å². The van der Waals surface area contributed by atoms with E-state index >= 15 is 0 Å². The highest BCUT2D eigenvalue weighted by Gasteiger charge is 2.25. The predicted molar refractivity (Wildman–Crippen MR) is 150 cm³/mol. The highest BCUT2D eigenvalue weighted by Crippen LogP contribution is 2.36. The van der Waals surface area contributed by atoms with Gasteiger partial charge in [-0.2, -0.15) is 13.9 Å². The summed E-state index contributed by atoms with van der Waals surface area (Å²) >= 11 is 6.45. The lowest BCUT2D eigenvalue weighted by atomic mass is 10.1. The maximum atomic E-state index is 14.7. The fraction of sp³-hybridized carbons (Fsp3) is 0.103. The van der Waals surface area contributed by atoms with Crippen molar-refractivity contribution < 1.29 is 17.9 Å². The summed E-state index contributed by atoms with van der Waals surface area (Å²) in [6.45, 7) is -1.35. The summed E-state index contributed by atoms with van der Waals surface area (Å²) in [7, 11) is 0. The first-order valence-corrected chi connectivity index (χ1v) is 12.8. The molecule has 12 heteroatoms. The van der Waals surface area contributed by atoms with E-state index in [1.807, 2.05) is 31.2 Å².